The highest BCUT2D eigenvalue weighted by Crippen LogP contribution is 2.34. The van der Waals surface area contributed by atoms with Crippen molar-refractivity contribution < 1.29 is 0 Å². The third kappa shape index (κ3) is 4.58. The van der Waals surface area contributed by atoms with Crippen LogP contribution >= 0.6 is 0 Å². The predicted octanol–water partition coefficient (Wildman–Crippen LogP) is 11.2. The summed E-state index contributed by atoms with van der Waals surface area (Å²) in [5.41, 5.74) is 5.20. The smallest absolute Gasteiger partial charge is 0.164 e. The molecule has 0 fully saturated rings. The predicted molar refractivity (Wildman–Crippen MR) is 192 cm³/mol. The van der Waals surface area contributed by atoms with E-state index in [0.29, 0.717) is 17.5 Å². The van der Waals surface area contributed by atoms with E-state index in [1.807, 2.05) is 30.3 Å². The molecule has 214 valence electrons. The molecule has 0 spiro atoms. The Morgan fingerprint density at radius 2 is 0.717 bits per heavy atom. The van der Waals surface area contributed by atoms with Crippen LogP contribution in [0.3, 0.4) is 0 Å². The molecule has 0 radical (unpaired) electrons. The van der Waals surface area contributed by atoms with E-state index < -0.39 is 0 Å². The lowest BCUT2D eigenvalue weighted by molar-refractivity contribution is 1.07. The van der Waals surface area contributed by atoms with Gasteiger partial charge >= 0.3 is 0 Å². The van der Waals surface area contributed by atoms with Crippen LogP contribution in [0.4, 0.5) is 0 Å². The van der Waals surface area contributed by atoms with Gasteiger partial charge in [0.15, 0.2) is 17.5 Å². The van der Waals surface area contributed by atoms with Crippen molar-refractivity contribution in [2.24, 2.45) is 0 Å². The summed E-state index contributed by atoms with van der Waals surface area (Å²) in [7, 11) is 0. The summed E-state index contributed by atoms with van der Waals surface area (Å²) in [6, 6.07) is 57.7. The Labute approximate surface area is 266 Å². The zero-order valence-corrected chi connectivity index (χ0v) is 24.9. The van der Waals surface area contributed by atoms with Crippen LogP contribution in [0.25, 0.3) is 88.4 Å². The molecule has 3 nitrogen and oxygen atoms in total. The minimum absolute atomic E-state index is 0.653. The van der Waals surface area contributed by atoms with Gasteiger partial charge in [-0.2, -0.15) is 0 Å². The lowest BCUT2D eigenvalue weighted by atomic mass is 9.94. The van der Waals surface area contributed by atoms with Crippen molar-refractivity contribution in [3.63, 3.8) is 0 Å². The molecule has 0 saturated carbocycles. The number of hydrogen-bond acceptors (Lipinski definition) is 3. The maximum Gasteiger partial charge on any atom is 0.164 e. The molecule has 3 heteroatoms. The molecule has 0 aliphatic rings. The van der Waals surface area contributed by atoms with Gasteiger partial charge in [-0.25, -0.2) is 15.0 Å². The molecular weight excluding hydrogens is 558 g/mol. The first kappa shape index (κ1) is 26.2. The van der Waals surface area contributed by atoms with E-state index in [0.717, 1.165) is 27.6 Å². The minimum atomic E-state index is 0.653. The van der Waals surface area contributed by atoms with Crippen LogP contribution in [-0.2, 0) is 0 Å². The van der Waals surface area contributed by atoms with E-state index in [9.17, 15) is 0 Å². The molecule has 0 amide bonds. The third-order valence-corrected chi connectivity index (χ3v) is 8.90. The average molecular weight is 586 g/mol. The monoisotopic (exact) mass is 585 g/mol. The van der Waals surface area contributed by atoms with Gasteiger partial charge in [0, 0.05) is 16.7 Å². The van der Waals surface area contributed by atoms with Crippen molar-refractivity contribution in [3.05, 3.63) is 164 Å². The molecule has 0 atom stereocenters. The fourth-order valence-electron chi connectivity index (χ4n) is 6.49. The van der Waals surface area contributed by atoms with Gasteiger partial charge in [-0.05, 0) is 66.3 Å². The largest absolute Gasteiger partial charge is 0.208 e. The van der Waals surface area contributed by atoms with E-state index in [4.69, 9.17) is 15.0 Å². The number of rotatable bonds is 4. The number of nitrogens with zero attached hydrogens (tertiary/aromatic N) is 3. The highest BCUT2D eigenvalue weighted by atomic mass is 15.0. The van der Waals surface area contributed by atoms with E-state index in [2.05, 4.69) is 133 Å². The van der Waals surface area contributed by atoms with Crippen molar-refractivity contribution in [2.45, 2.75) is 0 Å². The highest BCUT2D eigenvalue weighted by Gasteiger charge is 2.13. The Balaban J connectivity index is 1.13. The highest BCUT2D eigenvalue weighted by molar-refractivity contribution is 6.17. The zero-order chi connectivity index (χ0) is 30.5. The lowest BCUT2D eigenvalue weighted by Crippen LogP contribution is -2.00. The van der Waals surface area contributed by atoms with E-state index in [1.54, 1.807) is 0 Å². The van der Waals surface area contributed by atoms with Crippen LogP contribution in [-0.4, -0.2) is 15.0 Å². The van der Waals surface area contributed by atoms with E-state index in [-0.39, 0.29) is 0 Å². The van der Waals surface area contributed by atoms with Crippen molar-refractivity contribution in [1.29, 1.82) is 0 Å². The molecule has 0 bridgehead atoms. The molecule has 1 aromatic heterocycles. The quantitative estimate of drug-likeness (QED) is 0.193. The Morgan fingerprint density at radius 3 is 1.48 bits per heavy atom. The van der Waals surface area contributed by atoms with Crippen LogP contribution in [0.15, 0.2) is 164 Å². The number of benzene rings is 8. The molecule has 0 aliphatic carbocycles. The third-order valence-electron chi connectivity index (χ3n) is 8.90. The van der Waals surface area contributed by atoms with Gasteiger partial charge in [0.25, 0.3) is 0 Å². The number of hydrogen-bond donors (Lipinski definition) is 0. The summed E-state index contributed by atoms with van der Waals surface area (Å²) in [5.74, 6) is 1.97. The molecular formula is C43H27N3. The first-order valence-corrected chi connectivity index (χ1v) is 15.5. The van der Waals surface area contributed by atoms with Crippen LogP contribution in [0, 0.1) is 0 Å². The summed E-state index contributed by atoms with van der Waals surface area (Å²) in [4.78, 5) is 14.9. The SMILES string of the molecule is c1ccc(-c2nc(-c3ccc(-c4ccc5ccc6c7ccccc7ccc6c5c4)cc3)nc(-c3ccc4ccccc4c3)n2)cc1. The topological polar surface area (TPSA) is 38.7 Å². The molecule has 8 aromatic carbocycles. The first-order chi connectivity index (χ1) is 22.8. The molecule has 9 aromatic rings. The molecule has 0 unspecified atom stereocenters. The molecule has 0 aliphatic heterocycles. The van der Waals surface area contributed by atoms with Crippen LogP contribution in [0.1, 0.15) is 0 Å². The summed E-state index contributed by atoms with van der Waals surface area (Å²) in [6.45, 7) is 0. The van der Waals surface area contributed by atoms with Crippen LogP contribution in [0.2, 0.25) is 0 Å². The van der Waals surface area contributed by atoms with Gasteiger partial charge in [-0.3, -0.25) is 0 Å². The Morgan fingerprint density at radius 1 is 0.239 bits per heavy atom. The fourth-order valence-corrected chi connectivity index (χ4v) is 6.49. The van der Waals surface area contributed by atoms with Crippen molar-refractivity contribution in [3.8, 4) is 45.3 Å². The Hall–Kier alpha value is -6.19. The second-order valence-corrected chi connectivity index (χ2v) is 11.7. The molecule has 0 N–H and O–H groups in total. The van der Waals surface area contributed by atoms with E-state index >= 15 is 0 Å². The maximum atomic E-state index is 4.99. The van der Waals surface area contributed by atoms with Gasteiger partial charge in [0.05, 0.1) is 0 Å². The molecule has 0 saturated heterocycles. The standard InChI is InChI=1S/C43H27N3/c1-2-10-32(11-3-1)41-44-42(46-43(45-41)36-21-16-28-8-4-5-12-34(28)26-36)33-18-14-29(15-19-33)35-20-17-31-23-24-38-37-13-7-6-9-30(37)22-25-39(38)40(31)27-35/h1-27H. The van der Waals surface area contributed by atoms with Crippen molar-refractivity contribution in [1.82, 2.24) is 15.0 Å². The molecule has 1 heterocycles. The maximum absolute atomic E-state index is 4.99. The van der Waals surface area contributed by atoms with Gasteiger partial charge in [0.1, 0.15) is 0 Å². The van der Waals surface area contributed by atoms with Crippen molar-refractivity contribution in [2.75, 3.05) is 0 Å². The van der Waals surface area contributed by atoms with Gasteiger partial charge in [-0.15, -0.1) is 0 Å². The Bertz CT molecular complexity index is 2570. The first-order valence-electron chi connectivity index (χ1n) is 15.5. The van der Waals surface area contributed by atoms with Gasteiger partial charge in [-0.1, -0.05) is 152 Å². The summed E-state index contributed by atoms with van der Waals surface area (Å²) in [6.07, 6.45) is 0. The summed E-state index contributed by atoms with van der Waals surface area (Å²) in [5, 5.41) is 9.95. The Kier molecular flexibility index (Phi) is 6.14. The second-order valence-electron chi connectivity index (χ2n) is 11.7. The average Bonchev–Trinajstić information content (AvgIpc) is 3.14. The fraction of sp³-hybridized carbons (Fsp3) is 0. The number of aromatic nitrogens is 3. The lowest BCUT2D eigenvalue weighted by Gasteiger charge is -2.11. The van der Waals surface area contributed by atoms with Crippen LogP contribution in [0.5, 0.6) is 0 Å². The summed E-state index contributed by atoms with van der Waals surface area (Å²) >= 11 is 0. The molecule has 46 heavy (non-hydrogen) atoms. The van der Waals surface area contributed by atoms with Crippen molar-refractivity contribution >= 4 is 43.1 Å². The minimum Gasteiger partial charge on any atom is -0.208 e. The van der Waals surface area contributed by atoms with E-state index in [1.165, 1.54) is 43.3 Å². The molecule has 9 rings (SSSR count). The second kappa shape index (κ2) is 10.8. The normalized spacial score (nSPS) is 11.5. The summed E-state index contributed by atoms with van der Waals surface area (Å²) < 4.78 is 0. The van der Waals surface area contributed by atoms with Crippen LogP contribution < -0.4 is 0 Å². The zero-order valence-electron chi connectivity index (χ0n) is 24.9. The van der Waals surface area contributed by atoms with Gasteiger partial charge in [0.2, 0.25) is 0 Å². The van der Waals surface area contributed by atoms with Gasteiger partial charge < -0.3 is 0 Å². The number of fused-ring (bicyclic) bond motifs is 6.